The zero-order valence-corrected chi connectivity index (χ0v) is 8.59. The summed E-state index contributed by atoms with van der Waals surface area (Å²) in [5.41, 5.74) is 2.56. The SMILES string of the molecule is ClCC(Cl)C1C=Cc2ccccc21. The number of benzene rings is 1. The molecule has 1 aromatic rings. The van der Waals surface area contributed by atoms with E-state index in [0.29, 0.717) is 5.88 Å². The lowest BCUT2D eigenvalue weighted by molar-refractivity contribution is 0.833. The van der Waals surface area contributed by atoms with Gasteiger partial charge >= 0.3 is 0 Å². The molecule has 2 atom stereocenters. The fourth-order valence-electron chi connectivity index (χ4n) is 1.69. The molecule has 0 nitrogen and oxygen atoms in total. The fourth-order valence-corrected chi connectivity index (χ4v) is 2.10. The van der Waals surface area contributed by atoms with E-state index in [-0.39, 0.29) is 11.3 Å². The molecular weight excluding hydrogens is 203 g/mol. The van der Waals surface area contributed by atoms with Crippen molar-refractivity contribution < 1.29 is 0 Å². The fraction of sp³-hybridized carbons (Fsp3) is 0.273. The standard InChI is InChI=1S/C11H10Cl2/c12-7-11(13)10-6-5-8-3-1-2-4-9(8)10/h1-6,10-11H,7H2. The first-order chi connectivity index (χ1) is 6.33. The molecule has 0 bridgehead atoms. The highest BCUT2D eigenvalue weighted by Gasteiger charge is 2.23. The van der Waals surface area contributed by atoms with Crippen LogP contribution in [-0.4, -0.2) is 11.3 Å². The van der Waals surface area contributed by atoms with Gasteiger partial charge in [0.1, 0.15) is 0 Å². The van der Waals surface area contributed by atoms with Crippen LogP contribution in [0.3, 0.4) is 0 Å². The first kappa shape index (κ1) is 9.11. The molecule has 2 heteroatoms. The van der Waals surface area contributed by atoms with E-state index in [2.05, 4.69) is 24.3 Å². The van der Waals surface area contributed by atoms with Crippen molar-refractivity contribution in [3.05, 3.63) is 41.5 Å². The Bertz CT molecular complexity index is 331. The Labute approximate surface area is 88.2 Å². The average Bonchev–Trinajstić information content (AvgIpc) is 2.60. The van der Waals surface area contributed by atoms with Gasteiger partial charge in [-0.3, -0.25) is 0 Å². The van der Waals surface area contributed by atoms with Crippen molar-refractivity contribution in [3.8, 4) is 0 Å². The van der Waals surface area contributed by atoms with Crippen LogP contribution in [0.4, 0.5) is 0 Å². The Balaban J connectivity index is 2.33. The van der Waals surface area contributed by atoms with Gasteiger partial charge in [0.2, 0.25) is 0 Å². The van der Waals surface area contributed by atoms with Crippen LogP contribution in [-0.2, 0) is 0 Å². The molecule has 0 heterocycles. The Morgan fingerprint density at radius 3 is 2.85 bits per heavy atom. The normalized spacial score (nSPS) is 21.5. The first-order valence-electron chi connectivity index (χ1n) is 4.30. The summed E-state index contributed by atoms with van der Waals surface area (Å²) in [6.07, 6.45) is 4.24. The van der Waals surface area contributed by atoms with E-state index in [1.807, 2.05) is 12.1 Å². The number of fused-ring (bicyclic) bond motifs is 1. The Kier molecular flexibility index (Phi) is 2.61. The van der Waals surface area contributed by atoms with E-state index in [1.165, 1.54) is 11.1 Å². The van der Waals surface area contributed by atoms with Gasteiger partial charge in [0, 0.05) is 11.8 Å². The molecule has 0 saturated carbocycles. The zero-order chi connectivity index (χ0) is 9.26. The molecule has 68 valence electrons. The van der Waals surface area contributed by atoms with Gasteiger partial charge in [-0.15, -0.1) is 23.2 Å². The maximum Gasteiger partial charge on any atom is 0.0574 e. The lowest BCUT2D eigenvalue weighted by Crippen LogP contribution is -2.10. The molecule has 1 aromatic carbocycles. The van der Waals surface area contributed by atoms with Crippen molar-refractivity contribution in [2.75, 3.05) is 5.88 Å². The third-order valence-electron chi connectivity index (χ3n) is 2.38. The van der Waals surface area contributed by atoms with Crippen LogP contribution >= 0.6 is 23.2 Å². The van der Waals surface area contributed by atoms with Crippen molar-refractivity contribution >= 4 is 29.3 Å². The Hall–Kier alpha value is -0.460. The minimum absolute atomic E-state index is 0.00145. The molecule has 0 spiro atoms. The van der Waals surface area contributed by atoms with E-state index < -0.39 is 0 Å². The molecule has 0 radical (unpaired) electrons. The van der Waals surface area contributed by atoms with Crippen molar-refractivity contribution in [2.45, 2.75) is 11.3 Å². The maximum atomic E-state index is 6.12. The molecule has 1 aliphatic rings. The molecule has 2 rings (SSSR count). The van der Waals surface area contributed by atoms with E-state index >= 15 is 0 Å². The smallest absolute Gasteiger partial charge is 0.0574 e. The molecular formula is C11H10Cl2. The second kappa shape index (κ2) is 3.73. The van der Waals surface area contributed by atoms with Crippen LogP contribution in [0.1, 0.15) is 17.0 Å². The second-order valence-electron chi connectivity index (χ2n) is 3.18. The van der Waals surface area contributed by atoms with E-state index in [4.69, 9.17) is 23.2 Å². The third kappa shape index (κ3) is 1.61. The Morgan fingerprint density at radius 2 is 2.08 bits per heavy atom. The summed E-state index contributed by atoms with van der Waals surface area (Å²) in [6.45, 7) is 0. The molecule has 0 amide bonds. The highest BCUT2D eigenvalue weighted by atomic mass is 35.5. The number of allylic oxidation sites excluding steroid dienone is 1. The Morgan fingerprint density at radius 1 is 1.31 bits per heavy atom. The van der Waals surface area contributed by atoms with Crippen molar-refractivity contribution in [1.82, 2.24) is 0 Å². The topological polar surface area (TPSA) is 0 Å². The van der Waals surface area contributed by atoms with Crippen molar-refractivity contribution in [2.24, 2.45) is 0 Å². The molecule has 0 saturated heterocycles. The molecule has 0 fully saturated rings. The predicted octanol–water partition coefficient (Wildman–Crippen LogP) is 3.64. The lowest BCUT2D eigenvalue weighted by atomic mass is 9.98. The largest absolute Gasteiger partial charge is 0.125 e. The number of rotatable bonds is 2. The molecule has 1 aliphatic carbocycles. The van der Waals surface area contributed by atoms with Gasteiger partial charge in [0.25, 0.3) is 0 Å². The summed E-state index contributed by atoms with van der Waals surface area (Å²) >= 11 is 11.8. The number of hydrogen-bond acceptors (Lipinski definition) is 0. The van der Waals surface area contributed by atoms with Gasteiger partial charge in [-0.1, -0.05) is 36.4 Å². The van der Waals surface area contributed by atoms with E-state index in [1.54, 1.807) is 0 Å². The van der Waals surface area contributed by atoms with Crippen molar-refractivity contribution in [3.63, 3.8) is 0 Å². The molecule has 2 unspecified atom stereocenters. The summed E-state index contributed by atoms with van der Waals surface area (Å²) in [7, 11) is 0. The van der Waals surface area contributed by atoms with Crippen LogP contribution in [0.2, 0.25) is 0 Å². The van der Waals surface area contributed by atoms with Crippen LogP contribution in [0, 0.1) is 0 Å². The summed E-state index contributed by atoms with van der Waals surface area (Å²) in [5, 5.41) is 0.00145. The minimum atomic E-state index is 0.00145. The van der Waals surface area contributed by atoms with Gasteiger partial charge in [0.05, 0.1) is 5.38 Å². The summed E-state index contributed by atoms with van der Waals surface area (Å²) in [5.74, 6) is 0.778. The zero-order valence-electron chi connectivity index (χ0n) is 7.08. The number of alkyl halides is 2. The number of halogens is 2. The van der Waals surface area contributed by atoms with Gasteiger partial charge in [-0.2, -0.15) is 0 Å². The minimum Gasteiger partial charge on any atom is -0.125 e. The summed E-state index contributed by atoms with van der Waals surface area (Å²) < 4.78 is 0. The van der Waals surface area contributed by atoms with E-state index in [0.717, 1.165) is 0 Å². The quantitative estimate of drug-likeness (QED) is 0.658. The summed E-state index contributed by atoms with van der Waals surface area (Å²) in [4.78, 5) is 0. The predicted molar refractivity (Wildman–Crippen MR) is 58.6 cm³/mol. The van der Waals surface area contributed by atoms with E-state index in [9.17, 15) is 0 Å². The highest BCUT2D eigenvalue weighted by molar-refractivity contribution is 6.28. The van der Waals surface area contributed by atoms with Gasteiger partial charge < -0.3 is 0 Å². The second-order valence-corrected chi connectivity index (χ2v) is 4.05. The van der Waals surface area contributed by atoms with Gasteiger partial charge in [-0.05, 0) is 11.1 Å². The molecule has 13 heavy (non-hydrogen) atoms. The van der Waals surface area contributed by atoms with Crippen LogP contribution < -0.4 is 0 Å². The van der Waals surface area contributed by atoms with Crippen LogP contribution in [0.5, 0.6) is 0 Å². The monoisotopic (exact) mass is 212 g/mol. The van der Waals surface area contributed by atoms with Crippen molar-refractivity contribution in [1.29, 1.82) is 0 Å². The van der Waals surface area contributed by atoms with Gasteiger partial charge in [0.15, 0.2) is 0 Å². The van der Waals surface area contributed by atoms with Gasteiger partial charge in [-0.25, -0.2) is 0 Å². The maximum absolute atomic E-state index is 6.12. The molecule has 0 aliphatic heterocycles. The lowest BCUT2D eigenvalue weighted by Gasteiger charge is -2.14. The highest BCUT2D eigenvalue weighted by Crippen LogP contribution is 2.34. The number of hydrogen-bond donors (Lipinski definition) is 0. The van der Waals surface area contributed by atoms with Crippen LogP contribution in [0.25, 0.3) is 6.08 Å². The first-order valence-corrected chi connectivity index (χ1v) is 5.27. The average molecular weight is 213 g/mol. The van der Waals surface area contributed by atoms with Crippen LogP contribution in [0.15, 0.2) is 30.3 Å². The summed E-state index contributed by atoms with van der Waals surface area (Å²) in [6, 6.07) is 8.29. The third-order valence-corrected chi connectivity index (χ3v) is 3.29. The molecule has 0 aromatic heterocycles. The molecule has 0 N–H and O–H groups in total.